The summed E-state index contributed by atoms with van der Waals surface area (Å²) in [6.45, 7) is 0.244. The van der Waals surface area contributed by atoms with Gasteiger partial charge in [0.15, 0.2) is 0 Å². The highest BCUT2D eigenvalue weighted by Gasteiger charge is 2.13. The average Bonchev–Trinajstić information content (AvgIpc) is 3.02. The molecule has 5 nitrogen and oxygen atoms in total. The Labute approximate surface area is 158 Å². The quantitative estimate of drug-likeness (QED) is 0.712. The summed E-state index contributed by atoms with van der Waals surface area (Å²) < 4.78 is 0.593. The summed E-state index contributed by atoms with van der Waals surface area (Å²) in [7, 11) is 1.68. The molecular weight excluding hydrogens is 381 g/mol. The SMILES string of the molecule is CN(Cc1nc2ccsc2c(=O)[nH]1)C(=O)CCc1ccc(Cl)cc1Cl. The fourth-order valence-corrected chi connectivity index (χ4v) is 3.69. The average molecular weight is 396 g/mol. The summed E-state index contributed by atoms with van der Waals surface area (Å²) in [5.41, 5.74) is 1.35. The van der Waals surface area contributed by atoms with Crippen LogP contribution in [0.5, 0.6) is 0 Å². The second-order valence-corrected chi connectivity index (χ2v) is 7.39. The zero-order valence-corrected chi connectivity index (χ0v) is 15.7. The van der Waals surface area contributed by atoms with Crippen LogP contribution < -0.4 is 5.56 Å². The van der Waals surface area contributed by atoms with Gasteiger partial charge in [-0.15, -0.1) is 11.3 Å². The number of aryl methyl sites for hydroxylation is 1. The van der Waals surface area contributed by atoms with E-state index in [-0.39, 0.29) is 18.0 Å². The van der Waals surface area contributed by atoms with Gasteiger partial charge in [0, 0.05) is 23.5 Å². The van der Waals surface area contributed by atoms with Crippen molar-refractivity contribution >= 4 is 50.7 Å². The van der Waals surface area contributed by atoms with E-state index in [1.807, 2.05) is 11.4 Å². The van der Waals surface area contributed by atoms with E-state index in [0.29, 0.717) is 38.9 Å². The molecule has 1 amide bonds. The second-order valence-electron chi connectivity index (χ2n) is 5.63. The van der Waals surface area contributed by atoms with Gasteiger partial charge in [-0.25, -0.2) is 4.98 Å². The van der Waals surface area contributed by atoms with Crippen molar-refractivity contribution in [3.63, 3.8) is 0 Å². The lowest BCUT2D eigenvalue weighted by atomic mass is 10.1. The maximum Gasteiger partial charge on any atom is 0.268 e. The molecule has 130 valence electrons. The lowest BCUT2D eigenvalue weighted by Gasteiger charge is -2.16. The molecule has 0 saturated heterocycles. The molecule has 0 bridgehead atoms. The lowest BCUT2D eigenvalue weighted by molar-refractivity contribution is -0.130. The molecule has 0 atom stereocenters. The van der Waals surface area contributed by atoms with Crippen molar-refractivity contribution in [2.75, 3.05) is 7.05 Å². The van der Waals surface area contributed by atoms with E-state index >= 15 is 0 Å². The van der Waals surface area contributed by atoms with Crippen LogP contribution in [0.15, 0.2) is 34.4 Å². The van der Waals surface area contributed by atoms with Crippen LogP contribution in [0.4, 0.5) is 0 Å². The third-order valence-corrected chi connectivity index (χ3v) is 5.29. The van der Waals surface area contributed by atoms with Gasteiger partial charge >= 0.3 is 0 Å². The van der Waals surface area contributed by atoms with Gasteiger partial charge in [0.1, 0.15) is 10.5 Å². The number of halogens is 2. The number of H-pyrrole nitrogens is 1. The van der Waals surface area contributed by atoms with Crippen LogP contribution in [-0.4, -0.2) is 27.8 Å². The van der Waals surface area contributed by atoms with Crippen molar-refractivity contribution in [2.45, 2.75) is 19.4 Å². The van der Waals surface area contributed by atoms with Crippen LogP contribution >= 0.6 is 34.5 Å². The highest BCUT2D eigenvalue weighted by molar-refractivity contribution is 7.17. The molecule has 1 aromatic carbocycles. The highest BCUT2D eigenvalue weighted by Crippen LogP contribution is 2.22. The smallest absolute Gasteiger partial charge is 0.268 e. The molecule has 0 radical (unpaired) electrons. The first-order valence-corrected chi connectivity index (χ1v) is 9.22. The maximum absolute atomic E-state index is 12.3. The minimum Gasteiger partial charge on any atom is -0.338 e. The number of benzene rings is 1. The molecule has 0 unspecified atom stereocenters. The molecule has 0 spiro atoms. The summed E-state index contributed by atoms with van der Waals surface area (Å²) in [5.74, 6) is 0.412. The van der Waals surface area contributed by atoms with Crippen molar-refractivity contribution in [3.05, 3.63) is 61.4 Å². The van der Waals surface area contributed by atoms with Gasteiger partial charge in [-0.3, -0.25) is 9.59 Å². The fraction of sp³-hybridized carbons (Fsp3) is 0.235. The van der Waals surface area contributed by atoms with Crippen molar-refractivity contribution in [1.29, 1.82) is 0 Å². The Morgan fingerprint density at radius 1 is 1.32 bits per heavy atom. The Morgan fingerprint density at radius 3 is 2.88 bits per heavy atom. The number of aromatic amines is 1. The zero-order valence-electron chi connectivity index (χ0n) is 13.4. The molecule has 3 rings (SSSR count). The van der Waals surface area contributed by atoms with Gasteiger partial charge in [-0.1, -0.05) is 29.3 Å². The van der Waals surface area contributed by atoms with Crippen molar-refractivity contribution < 1.29 is 4.79 Å². The van der Waals surface area contributed by atoms with Crippen LogP contribution in [0.1, 0.15) is 17.8 Å². The van der Waals surface area contributed by atoms with E-state index in [4.69, 9.17) is 23.2 Å². The summed E-state index contributed by atoms with van der Waals surface area (Å²) in [6, 6.07) is 7.03. The topological polar surface area (TPSA) is 66.1 Å². The number of rotatable bonds is 5. The van der Waals surface area contributed by atoms with E-state index in [2.05, 4.69) is 9.97 Å². The predicted molar refractivity (Wildman–Crippen MR) is 101 cm³/mol. The van der Waals surface area contributed by atoms with E-state index < -0.39 is 0 Å². The van der Waals surface area contributed by atoms with Crippen LogP contribution in [-0.2, 0) is 17.8 Å². The highest BCUT2D eigenvalue weighted by atomic mass is 35.5. The standard InChI is InChI=1S/C17H15Cl2N3O2S/c1-22(9-14-20-13-6-7-25-16(13)17(24)21-14)15(23)5-3-10-2-4-11(18)8-12(10)19/h2,4,6-8H,3,5,9H2,1H3,(H,20,21,24). The van der Waals surface area contributed by atoms with Gasteiger partial charge in [-0.2, -0.15) is 0 Å². The number of nitrogens with one attached hydrogen (secondary N) is 1. The number of carbonyl (C=O) groups is 1. The minimum absolute atomic E-state index is 0.0564. The molecular formula is C17H15Cl2N3O2S. The normalized spacial score (nSPS) is 11.0. The van der Waals surface area contributed by atoms with Gasteiger partial charge in [0.25, 0.3) is 5.56 Å². The second kappa shape index (κ2) is 7.56. The molecule has 2 aromatic heterocycles. The molecule has 2 heterocycles. The molecule has 0 aliphatic heterocycles. The van der Waals surface area contributed by atoms with Gasteiger partial charge in [-0.05, 0) is 35.6 Å². The van der Waals surface area contributed by atoms with E-state index in [1.165, 1.54) is 11.3 Å². The Balaban J connectivity index is 1.64. The number of fused-ring (bicyclic) bond motifs is 1. The van der Waals surface area contributed by atoms with Crippen LogP contribution in [0, 0.1) is 0 Å². The number of aromatic nitrogens is 2. The zero-order chi connectivity index (χ0) is 18.0. The van der Waals surface area contributed by atoms with Crippen LogP contribution in [0.25, 0.3) is 10.2 Å². The molecule has 3 aromatic rings. The van der Waals surface area contributed by atoms with Crippen LogP contribution in [0.3, 0.4) is 0 Å². The predicted octanol–water partition coefficient (Wildman–Crippen LogP) is 3.88. The molecule has 25 heavy (non-hydrogen) atoms. The van der Waals surface area contributed by atoms with E-state index in [0.717, 1.165) is 5.56 Å². The summed E-state index contributed by atoms with van der Waals surface area (Å²) in [4.78, 5) is 33.0. The number of nitrogens with zero attached hydrogens (tertiary/aromatic N) is 2. The van der Waals surface area contributed by atoms with E-state index in [1.54, 1.807) is 30.1 Å². The first-order chi connectivity index (χ1) is 11.9. The molecule has 1 N–H and O–H groups in total. The Bertz CT molecular complexity index is 983. The van der Waals surface area contributed by atoms with Crippen LogP contribution in [0.2, 0.25) is 10.0 Å². The number of hydrogen-bond acceptors (Lipinski definition) is 4. The van der Waals surface area contributed by atoms with Crippen molar-refractivity contribution in [2.24, 2.45) is 0 Å². The first kappa shape index (κ1) is 17.9. The van der Waals surface area contributed by atoms with Crippen molar-refractivity contribution in [3.8, 4) is 0 Å². The largest absolute Gasteiger partial charge is 0.338 e. The summed E-state index contributed by atoms with van der Waals surface area (Å²) in [6.07, 6.45) is 0.829. The number of carbonyl (C=O) groups excluding carboxylic acids is 1. The Hall–Kier alpha value is -1.89. The third-order valence-electron chi connectivity index (χ3n) is 3.80. The van der Waals surface area contributed by atoms with E-state index in [9.17, 15) is 9.59 Å². The third kappa shape index (κ3) is 4.21. The molecule has 8 heteroatoms. The summed E-state index contributed by atoms with van der Waals surface area (Å²) in [5, 5.41) is 2.94. The Kier molecular flexibility index (Phi) is 5.42. The molecule has 0 aliphatic carbocycles. The number of amides is 1. The minimum atomic E-state index is -0.177. The van der Waals surface area contributed by atoms with Gasteiger partial charge in [0.2, 0.25) is 5.91 Å². The summed E-state index contributed by atoms with van der Waals surface area (Å²) >= 11 is 13.3. The first-order valence-electron chi connectivity index (χ1n) is 7.58. The molecule has 0 saturated carbocycles. The Morgan fingerprint density at radius 2 is 2.12 bits per heavy atom. The fourth-order valence-electron chi connectivity index (χ4n) is 2.47. The maximum atomic E-state index is 12.3. The number of thiophene rings is 1. The van der Waals surface area contributed by atoms with Gasteiger partial charge in [0.05, 0.1) is 12.1 Å². The molecule has 0 aliphatic rings. The van der Waals surface area contributed by atoms with Gasteiger partial charge < -0.3 is 9.88 Å². The van der Waals surface area contributed by atoms with Crippen molar-refractivity contribution in [1.82, 2.24) is 14.9 Å². The lowest BCUT2D eigenvalue weighted by Crippen LogP contribution is -2.28. The molecule has 0 fully saturated rings. The number of hydrogen-bond donors (Lipinski definition) is 1. The monoisotopic (exact) mass is 395 g/mol.